The zero-order chi connectivity index (χ0) is 18.8. The van der Waals surface area contributed by atoms with Crippen LogP contribution in [0.3, 0.4) is 0 Å². The SMILES string of the molecule is O=C(C1C(O)CC(O)CC1OCC1CCCCC1)N1CCC2CCCCC21. The number of ether oxygens (including phenoxy) is 1. The first-order valence-corrected chi connectivity index (χ1v) is 11.4. The summed E-state index contributed by atoms with van der Waals surface area (Å²) >= 11 is 0. The number of nitrogens with zero attached hydrogens (tertiary/aromatic N) is 1. The summed E-state index contributed by atoms with van der Waals surface area (Å²) in [5.41, 5.74) is 0. The lowest BCUT2D eigenvalue weighted by molar-refractivity contribution is -0.160. The van der Waals surface area contributed by atoms with Crippen LogP contribution in [0, 0.1) is 17.8 Å². The quantitative estimate of drug-likeness (QED) is 0.788. The Morgan fingerprint density at radius 2 is 1.67 bits per heavy atom. The molecule has 3 aliphatic carbocycles. The van der Waals surface area contributed by atoms with Crippen LogP contribution in [0.25, 0.3) is 0 Å². The average molecular weight is 380 g/mol. The summed E-state index contributed by atoms with van der Waals surface area (Å²) in [6.07, 6.45) is 11.3. The number of rotatable bonds is 4. The molecule has 154 valence electrons. The Labute approximate surface area is 163 Å². The van der Waals surface area contributed by atoms with Crippen LogP contribution in [-0.2, 0) is 9.53 Å². The molecule has 3 saturated carbocycles. The van der Waals surface area contributed by atoms with Gasteiger partial charge in [0.2, 0.25) is 5.91 Å². The zero-order valence-electron chi connectivity index (χ0n) is 16.6. The van der Waals surface area contributed by atoms with E-state index >= 15 is 0 Å². The summed E-state index contributed by atoms with van der Waals surface area (Å²) in [5, 5.41) is 20.9. The van der Waals surface area contributed by atoms with Gasteiger partial charge in [0.25, 0.3) is 0 Å². The molecule has 0 radical (unpaired) electrons. The molecule has 1 aliphatic heterocycles. The lowest BCUT2D eigenvalue weighted by Crippen LogP contribution is -2.54. The Bertz CT molecular complexity index is 507. The second-order valence-electron chi connectivity index (χ2n) is 9.53. The van der Waals surface area contributed by atoms with E-state index in [9.17, 15) is 15.0 Å². The lowest BCUT2D eigenvalue weighted by atomic mass is 9.80. The van der Waals surface area contributed by atoms with Crippen molar-refractivity contribution in [3.05, 3.63) is 0 Å². The molecule has 0 aromatic rings. The predicted octanol–water partition coefficient (Wildman–Crippen LogP) is 2.87. The van der Waals surface area contributed by atoms with Gasteiger partial charge in [-0.1, -0.05) is 32.1 Å². The molecule has 27 heavy (non-hydrogen) atoms. The summed E-state index contributed by atoms with van der Waals surface area (Å²) in [6.45, 7) is 1.50. The van der Waals surface area contributed by atoms with E-state index in [0.717, 1.165) is 19.4 Å². The fraction of sp³-hybridized carbons (Fsp3) is 0.955. The van der Waals surface area contributed by atoms with Crippen molar-refractivity contribution in [3.8, 4) is 0 Å². The summed E-state index contributed by atoms with van der Waals surface area (Å²) in [4.78, 5) is 15.5. The van der Waals surface area contributed by atoms with E-state index < -0.39 is 18.1 Å². The molecular weight excluding hydrogens is 342 g/mol. The van der Waals surface area contributed by atoms with Crippen LogP contribution in [0.4, 0.5) is 0 Å². The summed E-state index contributed by atoms with van der Waals surface area (Å²) < 4.78 is 6.23. The van der Waals surface area contributed by atoms with Crippen molar-refractivity contribution < 1.29 is 19.7 Å². The molecule has 4 rings (SSSR count). The maximum atomic E-state index is 13.4. The van der Waals surface area contributed by atoms with Gasteiger partial charge in [-0.15, -0.1) is 0 Å². The normalized spacial score (nSPS) is 40.7. The molecule has 5 nitrogen and oxygen atoms in total. The number of hydrogen-bond acceptors (Lipinski definition) is 4. The van der Waals surface area contributed by atoms with E-state index in [2.05, 4.69) is 4.90 Å². The van der Waals surface area contributed by atoms with Crippen LogP contribution in [-0.4, -0.2) is 58.5 Å². The highest BCUT2D eigenvalue weighted by molar-refractivity contribution is 5.81. The molecule has 0 bridgehead atoms. The summed E-state index contributed by atoms with van der Waals surface area (Å²) in [7, 11) is 0. The zero-order valence-corrected chi connectivity index (χ0v) is 16.6. The van der Waals surface area contributed by atoms with Gasteiger partial charge in [0.05, 0.1) is 24.2 Å². The minimum atomic E-state index is -0.791. The first-order chi connectivity index (χ1) is 13.1. The topological polar surface area (TPSA) is 70.0 Å². The molecule has 0 aromatic carbocycles. The molecule has 1 saturated heterocycles. The van der Waals surface area contributed by atoms with Gasteiger partial charge in [-0.05, 0) is 43.9 Å². The number of fused-ring (bicyclic) bond motifs is 1. The van der Waals surface area contributed by atoms with E-state index in [0.29, 0.717) is 37.3 Å². The Hall–Kier alpha value is -0.650. The molecule has 1 heterocycles. The number of likely N-dealkylation sites (tertiary alicyclic amines) is 1. The van der Waals surface area contributed by atoms with Crippen molar-refractivity contribution in [2.24, 2.45) is 17.8 Å². The van der Waals surface area contributed by atoms with Gasteiger partial charge >= 0.3 is 0 Å². The molecule has 5 heteroatoms. The van der Waals surface area contributed by atoms with Crippen LogP contribution >= 0.6 is 0 Å². The molecule has 1 amide bonds. The molecule has 2 N–H and O–H groups in total. The van der Waals surface area contributed by atoms with E-state index in [1.165, 1.54) is 51.4 Å². The third-order valence-electron chi connectivity index (χ3n) is 7.68. The van der Waals surface area contributed by atoms with Crippen molar-refractivity contribution >= 4 is 5.91 Å². The predicted molar refractivity (Wildman–Crippen MR) is 103 cm³/mol. The molecule has 0 spiro atoms. The van der Waals surface area contributed by atoms with Gasteiger partial charge in [-0.3, -0.25) is 4.79 Å². The van der Waals surface area contributed by atoms with Crippen LogP contribution in [0.15, 0.2) is 0 Å². The second kappa shape index (κ2) is 8.79. The standard InChI is InChI=1S/C22H37NO4/c24-17-12-19(25)21(20(13-17)27-14-15-6-2-1-3-7-15)22(26)23-11-10-16-8-4-5-9-18(16)23/h15-21,24-25H,1-14H2. The Balaban J connectivity index is 1.42. The van der Waals surface area contributed by atoms with Crippen LogP contribution in [0.2, 0.25) is 0 Å². The fourth-order valence-electron chi connectivity index (χ4n) is 6.16. The van der Waals surface area contributed by atoms with Gasteiger partial charge in [0, 0.05) is 32.0 Å². The van der Waals surface area contributed by atoms with Gasteiger partial charge in [-0.2, -0.15) is 0 Å². The van der Waals surface area contributed by atoms with Gasteiger partial charge < -0.3 is 19.8 Å². The number of aliphatic hydroxyl groups excluding tert-OH is 2. The van der Waals surface area contributed by atoms with E-state index in [1.54, 1.807) is 0 Å². The first kappa shape index (κ1) is 19.7. The van der Waals surface area contributed by atoms with E-state index in [4.69, 9.17) is 4.74 Å². The van der Waals surface area contributed by atoms with Crippen molar-refractivity contribution in [2.45, 2.75) is 101 Å². The first-order valence-electron chi connectivity index (χ1n) is 11.4. The second-order valence-corrected chi connectivity index (χ2v) is 9.53. The molecule has 6 unspecified atom stereocenters. The molecule has 4 aliphatic rings. The van der Waals surface area contributed by atoms with Crippen molar-refractivity contribution in [1.82, 2.24) is 4.90 Å². The highest BCUT2D eigenvalue weighted by atomic mass is 16.5. The van der Waals surface area contributed by atoms with E-state index in [-0.39, 0.29) is 12.0 Å². The molecular formula is C22H37NO4. The summed E-state index contributed by atoms with van der Waals surface area (Å²) in [6, 6.07) is 0.365. The minimum absolute atomic E-state index is 0.0810. The highest BCUT2D eigenvalue weighted by Crippen LogP contribution is 2.39. The minimum Gasteiger partial charge on any atom is -0.393 e. The van der Waals surface area contributed by atoms with Crippen LogP contribution < -0.4 is 0 Å². The Kier molecular flexibility index (Phi) is 6.40. The maximum absolute atomic E-state index is 13.4. The number of hydrogen-bond donors (Lipinski definition) is 2. The Morgan fingerprint density at radius 3 is 2.48 bits per heavy atom. The number of aliphatic hydroxyl groups is 2. The third-order valence-corrected chi connectivity index (χ3v) is 7.68. The number of carbonyl (C=O) groups excluding carboxylic acids is 1. The van der Waals surface area contributed by atoms with Crippen LogP contribution in [0.1, 0.15) is 77.0 Å². The highest BCUT2D eigenvalue weighted by Gasteiger charge is 2.47. The van der Waals surface area contributed by atoms with Crippen molar-refractivity contribution in [1.29, 1.82) is 0 Å². The average Bonchev–Trinajstić information content (AvgIpc) is 3.10. The van der Waals surface area contributed by atoms with Crippen molar-refractivity contribution in [2.75, 3.05) is 13.2 Å². The number of carbonyl (C=O) groups is 1. The fourth-order valence-corrected chi connectivity index (χ4v) is 6.16. The van der Waals surface area contributed by atoms with Gasteiger partial charge in [0.1, 0.15) is 0 Å². The summed E-state index contributed by atoms with van der Waals surface area (Å²) in [5.74, 6) is 0.797. The Morgan fingerprint density at radius 1 is 0.926 bits per heavy atom. The van der Waals surface area contributed by atoms with Gasteiger partial charge in [-0.25, -0.2) is 0 Å². The maximum Gasteiger partial charge on any atom is 0.231 e. The van der Waals surface area contributed by atoms with Crippen LogP contribution in [0.5, 0.6) is 0 Å². The molecule has 4 fully saturated rings. The number of amides is 1. The smallest absolute Gasteiger partial charge is 0.231 e. The molecule has 0 aromatic heterocycles. The third kappa shape index (κ3) is 4.35. The van der Waals surface area contributed by atoms with E-state index in [1.807, 2.05) is 0 Å². The largest absolute Gasteiger partial charge is 0.393 e. The van der Waals surface area contributed by atoms with Crippen molar-refractivity contribution in [3.63, 3.8) is 0 Å². The lowest BCUT2D eigenvalue weighted by Gasteiger charge is -2.41. The monoisotopic (exact) mass is 379 g/mol. The molecule has 6 atom stereocenters. The van der Waals surface area contributed by atoms with Gasteiger partial charge in [0.15, 0.2) is 0 Å².